The summed E-state index contributed by atoms with van der Waals surface area (Å²) in [5, 5.41) is 12.1. The number of para-hydroxylation sites is 2. The topological polar surface area (TPSA) is 124 Å². The molecule has 29 heavy (non-hydrogen) atoms. The first kappa shape index (κ1) is 20.3. The highest BCUT2D eigenvalue weighted by molar-refractivity contribution is 6.19. The van der Waals surface area contributed by atoms with Crippen LogP contribution in [-0.4, -0.2) is 53.4 Å². The number of anilines is 2. The number of fused-ring (bicyclic) bond motifs is 1. The van der Waals surface area contributed by atoms with Crippen molar-refractivity contribution in [2.45, 2.75) is 26.0 Å². The highest BCUT2D eigenvalue weighted by Gasteiger charge is 2.47. The summed E-state index contributed by atoms with van der Waals surface area (Å²) in [5.74, 6) is -1.41. The summed E-state index contributed by atoms with van der Waals surface area (Å²) in [6.45, 7) is 4.35. The third-order valence-electron chi connectivity index (χ3n) is 4.46. The number of nitrogens with zero attached hydrogens (tertiary/aromatic N) is 2. The van der Waals surface area contributed by atoms with Gasteiger partial charge >= 0.3 is 0 Å². The van der Waals surface area contributed by atoms with Crippen LogP contribution in [0.1, 0.15) is 24.3 Å². The molecule has 0 saturated carbocycles. The number of carbonyl (C=O) groups is 3. The number of hydrogen-bond acceptors (Lipinski definition) is 6. The summed E-state index contributed by atoms with van der Waals surface area (Å²) in [5.41, 5.74) is -1.11. The Bertz CT molecular complexity index is 941. The second-order valence-electron chi connectivity index (χ2n) is 6.54. The Hall–Kier alpha value is -3.40. The van der Waals surface area contributed by atoms with Crippen LogP contribution in [0.5, 0.6) is 5.75 Å². The fourth-order valence-corrected chi connectivity index (χ4v) is 2.75. The lowest BCUT2D eigenvalue weighted by atomic mass is 10.0. The average molecular weight is 401 g/mol. The van der Waals surface area contributed by atoms with E-state index >= 15 is 0 Å². The van der Waals surface area contributed by atoms with Crippen LogP contribution < -0.4 is 20.7 Å². The Morgan fingerprint density at radius 1 is 1.34 bits per heavy atom. The number of rotatable bonds is 7. The van der Waals surface area contributed by atoms with Crippen molar-refractivity contribution in [3.63, 3.8) is 0 Å². The molecule has 1 atom stereocenters. The Morgan fingerprint density at radius 3 is 2.83 bits per heavy atom. The van der Waals surface area contributed by atoms with E-state index in [1.54, 1.807) is 24.3 Å². The van der Waals surface area contributed by atoms with Gasteiger partial charge in [0.15, 0.2) is 5.69 Å². The minimum absolute atomic E-state index is 0.0384. The van der Waals surface area contributed by atoms with Gasteiger partial charge in [-0.2, -0.15) is 5.10 Å². The first-order valence-corrected chi connectivity index (χ1v) is 9.14. The summed E-state index contributed by atoms with van der Waals surface area (Å²) < 4.78 is 12.1. The van der Waals surface area contributed by atoms with Crippen LogP contribution in [0.15, 0.2) is 30.5 Å². The first-order valence-electron chi connectivity index (χ1n) is 9.14. The Kier molecular flexibility index (Phi) is 5.83. The van der Waals surface area contributed by atoms with Crippen molar-refractivity contribution >= 4 is 29.1 Å². The zero-order chi connectivity index (χ0) is 21.0. The molecule has 1 aliphatic rings. The minimum atomic E-state index is -1.81. The molecule has 0 saturated heterocycles. The molecule has 1 unspecified atom stereocenters. The standard InChI is InChI=1S/C19H23N5O5/c1-4-24-11-13(15(23-24)16(25)20-9-10-28-3)22-18(27)19(2)17(26)21-12-7-5-6-8-14(12)29-19/h5-8,11H,4,9-10H2,1-3H3,(H,20,25)(H,21,26)(H,22,27). The quantitative estimate of drug-likeness (QED) is 0.470. The molecule has 0 fully saturated rings. The van der Waals surface area contributed by atoms with Gasteiger partial charge in [-0.1, -0.05) is 12.1 Å². The van der Waals surface area contributed by atoms with E-state index in [-0.39, 0.29) is 11.4 Å². The molecule has 0 bridgehead atoms. The van der Waals surface area contributed by atoms with E-state index in [0.29, 0.717) is 31.1 Å². The van der Waals surface area contributed by atoms with Crippen LogP contribution in [0, 0.1) is 0 Å². The van der Waals surface area contributed by atoms with Crippen molar-refractivity contribution < 1.29 is 23.9 Å². The maximum Gasteiger partial charge on any atom is 0.278 e. The number of hydrogen-bond donors (Lipinski definition) is 3. The zero-order valence-electron chi connectivity index (χ0n) is 16.4. The zero-order valence-corrected chi connectivity index (χ0v) is 16.4. The maximum atomic E-state index is 13.0. The van der Waals surface area contributed by atoms with Gasteiger partial charge in [0.05, 0.1) is 18.0 Å². The highest BCUT2D eigenvalue weighted by atomic mass is 16.5. The van der Waals surface area contributed by atoms with E-state index in [2.05, 4.69) is 21.0 Å². The smallest absolute Gasteiger partial charge is 0.278 e. The normalized spacial score (nSPS) is 17.7. The largest absolute Gasteiger partial charge is 0.466 e. The van der Waals surface area contributed by atoms with Crippen LogP contribution in [0.4, 0.5) is 11.4 Å². The van der Waals surface area contributed by atoms with E-state index in [1.807, 2.05) is 6.92 Å². The molecule has 1 aliphatic heterocycles. The van der Waals surface area contributed by atoms with Crippen molar-refractivity contribution in [2.24, 2.45) is 0 Å². The van der Waals surface area contributed by atoms with Crippen molar-refractivity contribution in [3.05, 3.63) is 36.2 Å². The summed E-state index contributed by atoms with van der Waals surface area (Å²) in [6.07, 6.45) is 1.53. The predicted octanol–water partition coefficient (Wildman–Crippen LogP) is 1.01. The number of aryl methyl sites for hydroxylation is 1. The SMILES string of the molecule is CCn1cc(NC(=O)C2(C)Oc3ccccc3NC2=O)c(C(=O)NCCOC)n1. The van der Waals surface area contributed by atoms with Gasteiger partial charge in [-0.25, -0.2) is 0 Å². The molecule has 0 radical (unpaired) electrons. The van der Waals surface area contributed by atoms with Crippen LogP contribution in [0.25, 0.3) is 0 Å². The van der Waals surface area contributed by atoms with Crippen molar-refractivity contribution in [2.75, 3.05) is 30.9 Å². The molecule has 3 rings (SSSR count). The lowest BCUT2D eigenvalue weighted by molar-refractivity contribution is -0.143. The lowest BCUT2D eigenvalue weighted by Crippen LogP contribution is -2.56. The van der Waals surface area contributed by atoms with Crippen molar-refractivity contribution in [3.8, 4) is 5.75 Å². The van der Waals surface area contributed by atoms with Gasteiger partial charge < -0.3 is 25.4 Å². The average Bonchev–Trinajstić information content (AvgIpc) is 3.12. The maximum absolute atomic E-state index is 13.0. The minimum Gasteiger partial charge on any atom is -0.466 e. The van der Waals surface area contributed by atoms with Crippen molar-refractivity contribution in [1.29, 1.82) is 0 Å². The number of carbonyl (C=O) groups excluding carboxylic acids is 3. The third kappa shape index (κ3) is 4.06. The van der Waals surface area contributed by atoms with Gasteiger partial charge in [0.2, 0.25) is 0 Å². The van der Waals surface area contributed by atoms with Gasteiger partial charge in [-0.3, -0.25) is 19.1 Å². The predicted molar refractivity (Wildman–Crippen MR) is 105 cm³/mol. The first-order chi connectivity index (χ1) is 13.9. The van der Waals surface area contributed by atoms with Gasteiger partial charge in [0.1, 0.15) is 5.75 Å². The Labute approximate surface area is 167 Å². The van der Waals surface area contributed by atoms with Crippen LogP contribution >= 0.6 is 0 Å². The van der Waals surface area contributed by atoms with Crippen molar-refractivity contribution in [1.82, 2.24) is 15.1 Å². The molecule has 3 amide bonds. The van der Waals surface area contributed by atoms with E-state index in [4.69, 9.17) is 9.47 Å². The molecule has 1 aromatic carbocycles. The fourth-order valence-electron chi connectivity index (χ4n) is 2.75. The number of methoxy groups -OCH3 is 1. The van der Waals surface area contributed by atoms with Gasteiger partial charge in [-0.15, -0.1) is 0 Å². The molecule has 10 nitrogen and oxygen atoms in total. The lowest BCUT2D eigenvalue weighted by Gasteiger charge is -2.33. The number of amides is 3. The van der Waals surface area contributed by atoms with E-state index in [1.165, 1.54) is 24.9 Å². The Morgan fingerprint density at radius 2 is 2.10 bits per heavy atom. The summed E-state index contributed by atoms with van der Waals surface area (Å²) in [6, 6.07) is 6.82. The second kappa shape index (κ2) is 8.31. The fraction of sp³-hybridized carbons (Fsp3) is 0.368. The third-order valence-corrected chi connectivity index (χ3v) is 4.46. The molecule has 0 spiro atoms. The Balaban J connectivity index is 1.82. The van der Waals surface area contributed by atoms with Crippen LogP contribution in [-0.2, 0) is 20.9 Å². The summed E-state index contributed by atoms with van der Waals surface area (Å²) in [7, 11) is 1.53. The molecule has 2 heterocycles. The van der Waals surface area contributed by atoms with E-state index in [9.17, 15) is 14.4 Å². The number of aromatic nitrogens is 2. The monoisotopic (exact) mass is 401 g/mol. The van der Waals surface area contributed by atoms with Crippen LogP contribution in [0.2, 0.25) is 0 Å². The van der Waals surface area contributed by atoms with Gasteiger partial charge in [0.25, 0.3) is 23.3 Å². The molecule has 0 aliphatic carbocycles. The molecule has 10 heteroatoms. The highest BCUT2D eigenvalue weighted by Crippen LogP contribution is 2.34. The van der Waals surface area contributed by atoms with Gasteiger partial charge in [-0.05, 0) is 26.0 Å². The number of benzene rings is 1. The summed E-state index contributed by atoms with van der Waals surface area (Å²) in [4.78, 5) is 37.9. The van der Waals surface area contributed by atoms with Gasteiger partial charge in [0, 0.05) is 26.4 Å². The number of ether oxygens (including phenoxy) is 2. The molecule has 3 N–H and O–H groups in total. The second-order valence-corrected chi connectivity index (χ2v) is 6.54. The molecule has 2 aromatic rings. The summed E-state index contributed by atoms with van der Waals surface area (Å²) >= 11 is 0. The van der Waals surface area contributed by atoms with E-state index < -0.39 is 23.3 Å². The molecular weight excluding hydrogens is 378 g/mol. The van der Waals surface area contributed by atoms with E-state index in [0.717, 1.165) is 0 Å². The molecule has 154 valence electrons. The molecule has 1 aromatic heterocycles. The molecular formula is C19H23N5O5. The number of nitrogens with one attached hydrogen (secondary N) is 3. The van der Waals surface area contributed by atoms with Crippen LogP contribution in [0.3, 0.4) is 0 Å².